The minimum atomic E-state index is -0.445. The zero-order chi connectivity index (χ0) is 15.6. The number of nitrogens with zero attached hydrogens (tertiary/aromatic N) is 2. The lowest BCUT2D eigenvalue weighted by Gasteiger charge is -2.39. The van der Waals surface area contributed by atoms with Crippen LogP contribution in [0.15, 0.2) is 24.3 Å². The Morgan fingerprint density at radius 2 is 1.67 bits per heavy atom. The number of carbonyl (C=O) groups excluding carboxylic acids is 1. The molecule has 1 aliphatic heterocycles. The molecule has 0 radical (unpaired) electrons. The molecular weight excluding hydrogens is 286 g/mol. The van der Waals surface area contributed by atoms with E-state index in [9.17, 15) is 4.79 Å². The average molecular weight is 310 g/mol. The highest BCUT2D eigenvalue weighted by molar-refractivity contribution is 6.30. The van der Waals surface area contributed by atoms with Crippen molar-refractivity contribution in [1.29, 1.82) is 0 Å². The van der Waals surface area contributed by atoms with E-state index in [2.05, 4.69) is 4.90 Å². The summed E-state index contributed by atoms with van der Waals surface area (Å²) in [6.45, 7) is 9.07. The number of amides is 1. The van der Waals surface area contributed by atoms with Crippen LogP contribution in [0.3, 0.4) is 0 Å². The molecule has 116 valence electrons. The molecule has 1 aromatic rings. The van der Waals surface area contributed by atoms with Crippen molar-refractivity contribution in [2.75, 3.05) is 31.1 Å². The second-order valence-electron chi connectivity index (χ2n) is 6.63. The van der Waals surface area contributed by atoms with E-state index in [0.29, 0.717) is 13.1 Å². The third kappa shape index (κ3) is 3.89. The van der Waals surface area contributed by atoms with Gasteiger partial charge >= 0.3 is 0 Å². The molecule has 2 N–H and O–H groups in total. The van der Waals surface area contributed by atoms with Crippen molar-refractivity contribution < 1.29 is 4.79 Å². The van der Waals surface area contributed by atoms with Gasteiger partial charge in [-0.05, 0) is 29.7 Å². The maximum atomic E-state index is 12.4. The Hall–Kier alpha value is -1.26. The van der Waals surface area contributed by atoms with E-state index in [1.54, 1.807) is 0 Å². The minimum Gasteiger partial charge on any atom is -0.368 e. The summed E-state index contributed by atoms with van der Waals surface area (Å²) >= 11 is 5.91. The molecule has 1 heterocycles. The molecule has 21 heavy (non-hydrogen) atoms. The van der Waals surface area contributed by atoms with Crippen LogP contribution >= 0.6 is 11.6 Å². The molecule has 0 bridgehead atoms. The average Bonchev–Trinajstić information content (AvgIpc) is 2.46. The fourth-order valence-corrected chi connectivity index (χ4v) is 2.53. The van der Waals surface area contributed by atoms with Gasteiger partial charge in [0.2, 0.25) is 5.91 Å². The van der Waals surface area contributed by atoms with E-state index in [-0.39, 0.29) is 11.3 Å². The summed E-state index contributed by atoms with van der Waals surface area (Å²) in [6.07, 6.45) is 0. The summed E-state index contributed by atoms with van der Waals surface area (Å²) < 4.78 is 0. The quantitative estimate of drug-likeness (QED) is 0.912. The maximum absolute atomic E-state index is 12.4. The number of hydrogen-bond donors (Lipinski definition) is 1. The molecule has 1 atom stereocenters. The third-order valence-electron chi connectivity index (χ3n) is 3.98. The number of piperazine rings is 1. The molecule has 0 spiro atoms. The van der Waals surface area contributed by atoms with Crippen molar-refractivity contribution in [3.05, 3.63) is 29.3 Å². The molecule has 0 unspecified atom stereocenters. The first kappa shape index (κ1) is 16.1. The van der Waals surface area contributed by atoms with Gasteiger partial charge in [-0.15, -0.1) is 0 Å². The van der Waals surface area contributed by atoms with Gasteiger partial charge in [0.25, 0.3) is 0 Å². The highest BCUT2D eigenvalue weighted by Crippen LogP contribution is 2.22. The fourth-order valence-electron chi connectivity index (χ4n) is 2.40. The van der Waals surface area contributed by atoms with E-state index in [0.717, 1.165) is 23.8 Å². The number of rotatable bonds is 2. The van der Waals surface area contributed by atoms with E-state index >= 15 is 0 Å². The lowest BCUT2D eigenvalue weighted by atomic mass is 9.86. The van der Waals surface area contributed by atoms with Crippen LogP contribution in [0.1, 0.15) is 20.8 Å². The number of halogens is 1. The van der Waals surface area contributed by atoms with Crippen molar-refractivity contribution in [3.8, 4) is 0 Å². The summed E-state index contributed by atoms with van der Waals surface area (Å²) in [6, 6.07) is 7.37. The monoisotopic (exact) mass is 309 g/mol. The molecule has 1 aromatic carbocycles. The molecular formula is C16H24ClN3O. The molecule has 2 rings (SSSR count). The van der Waals surface area contributed by atoms with Gasteiger partial charge in [0.05, 0.1) is 6.04 Å². The summed E-state index contributed by atoms with van der Waals surface area (Å²) in [5.41, 5.74) is 7.01. The van der Waals surface area contributed by atoms with Crippen LogP contribution in [0.25, 0.3) is 0 Å². The number of carbonyl (C=O) groups is 1. The molecule has 0 aliphatic carbocycles. The Morgan fingerprint density at radius 1 is 1.14 bits per heavy atom. The fraction of sp³-hybridized carbons (Fsp3) is 0.562. The number of nitrogens with two attached hydrogens (primary N) is 1. The largest absolute Gasteiger partial charge is 0.368 e. The first-order chi connectivity index (χ1) is 9.79. The Bertz CT molecular complexity index is 487. The summed E-state index contributed by atoms with van der Waals surface area (Å²) in [5.74, 6) is 0.0539. The highest BCUT2D eigenvalue weighted by atomic mass is 35.5. The second kappa shape index (κ2) is 6.24. The van der Waals surface area contributed by atoms with Gasteiger partial charge in [0, 0.05) is 36.9 Å². The molecule has 0 aromatic heterocycles. The van der Waals surface area contributed by atoms with Crippen LogP contribution in [0.5, 0.6) is 0 Å². The lowest BCUT2D eigenvalue weighted by Crippen LogP contribution is -2.56. The molecule has 5 heteroatoms. The first-order valence-electron chi connectivity index (χ1n) is 7.34. The van der Waals surface area contributed by atoms with Crippen LogP contribution < -0.4 is 10.6 Å². The Labute approximate surface area is 131 Å². The number of benzene rings is 1. The smallest absolute Gasteiger partial charge is 0.240 e. The van der Waals surface area contributed by atoms with Crippen LogP contribution in [-0.4, -0.2) is 43.0 Å². The van der Waals surface area contributed by atoms with Gasteiger partial charge in [-0.25, -0.2) is 0 Å². The highest BCUT2D eigenvalue weighted by Gasteiger charge is 2.32. The van der Waals surface area contributed by atoms with E-state index < -0.39 is 6.04 Å². The molecule has 1 saturated heterocycles. The second-order valence-corrected chi connectivity index (χ2v) is 7.07. The van der Waals surface area contributed by atoms with E-state index in [1.807, 2.05) is 49.9 Å². The van der Waals surface area contributed by atoms with Gasteiger partial charge in [0.15, 0.2) is 0 Å². The van der Waals surface area contributed by atoms with Crippen molar-refractivity contribution in [1.82, 2.24) is 4.90 Å². The zero-order valence-corrected chi connectivity index (χ0v) is 13.7. The van der Waals surface area contributed by atoms with Gasteiger partial charge < -0.3 is 15.5 Å². The molecule has 1 amide bonds. The number of anilines is 1. The van der Waals surface area contributed by atoms with Crippen LogP contribution in [0.4, 0.5) is 5.69 Å². The van der Waals surface area contributed by atoms with Gasteiger partial charge in [-0.2, -0.15) is 0 Å². The minimum absolute atomic E-state index is 0.0539. The lowest BCUT2D eigenvalue weighted by molar-refractivity contribution is -0.135. The topological polar surface area (TPSA) is 49.6 Å². The Morgan fingerprint density at radius 3 is 2.14 bits per heavy atom. The summed E-state index contributed by atoms with van der Waals surface area (Å²) in [7, 11) is 0. The van der Waals surface area contributed by atoms with Crippen LogP contribution in [0.2, 0.25) is 5.02 Å². The first-order valence-corrected chi connectivity index (χ1v) is 7.72. The number of hydrogen-bond acceptors (Lipinski definition) is 3. The molecule has 1 fully saturated rings. The van der Waals surface area contributed by atoms with Gasteiger partial charge in [-0.3, -0.25) is 4.79 Å². The van der Waals surface area contributed by atoms with E-state index in [4.69, 9.17) is 17.3 Å². The zero-order valence-electron chi connectivity index (χ0n) is 13.0. The van der Waals surface area contributed by atoms with Crippen molar-refractivity contribution >= 4 is 23.2 Å². The van der Waals surface area contributed by atoms with Crippen LogP contribution in [-0.2, 0) is 4.79 Å². The SMILES string of the molecule is CC(C)(C)[C@@H](N)C(=O)N1CCN(c2ccc(Cl)cc2)CC1. The van der Waals surface area contributed by atoms with Crippen molar-refractivity contribution in [3.63, 3.8) is 0 Å². The molecule has 0 saturated carbocycles. The van der Waals surface area contributed by atoms with Crippen molar-refractivity contribution in [2.45, 2.75) is 26.8 Å². The standard InChI is InChI=1S/C16H24ClN3O/c1-16(2,3)14(18)15(21)20-10-8-19(9-11-20)13-6-4-12(17)5-7-13/h4-7,14H,8-11,18H2,1-3H3/t14-/m0/s1. The maximum Gasteiger partial charge on any atom is 0.240 e. The normalized spacial score (nSPS) is 17.8. The van der Waals surface area contributed by atoms with E-state index in [1.165, 1.54) is 0 Å². The Kier molecular flexibility index (Phi) is 4.79. The van der Waals surface area contributed by atoms with Gasteiger partial charge in [0.1, 0.15) is 0 Å². The molecule has 1 aliphatic rings. The van der Waals surface area contributed by atoms with Crippen molar-refractivity contribution in [2.24, 2.45) is 11.1 Å². The van der Waals surface area contributed by atoms with Gasteiger partial charge in [-0.1, -0.05) is 32.4 Å². The summed E-state index contributed by atoms with van der Waals surface area (Å²) in [5, 5.41) is 0.740. The van der Waals surface area contributed by atoms with Crippen LogP contribution in [0, 0.1) is 5.41 Å². The predicted molar refractivity (Wildman–Crippen MR) is 87.7 cm³/mol. The predicted octanol–water partition coefficient (Wildman–Crippen LogP) is 2.36. The third-order valence-corrected chi connectivity index (χ3v) is 4.23. The molecule has 4 nitrogen and oxygen atoms in total. The summed E-state index contributed by atoms with van der Waals surface area (Å²) in [4.78, 5) is 16.5. The Balaban J connectivity index is 1.94.